The zero-order chi connectivity index (χ0) is 21.3. The minimum atomic E-state index is -0.240. The highest BCUT2D eigenvalue weighted by Gasteiger charge is 2.20. The van der Waals surface area contributed by atoms with Crippen molar-refractivity contribution in [2.75, 3.05) is 23.3 Å². The average Bonchev–Trinajstić information content (AvgIpc) is 3.10. The van der Waals surface area contributed by atoms with E-state index in [0.29, 0.717) is 16.3 Å². The van der Waals surface area contributed by atoms with Crippen LogP contribution in [0, 0.1) is 13.8 Å². The average molecular weight is 426 g/mol. The summed E-state index contributed by atoms with van der Waals surface area (Å²) in [6, 6.07) is 9.25. The first-order chi connectivity index (χ1) is 14.4. The number of halogens is 1. The SMILES string of the molecule is Cc1cc(NC(=O)c2cnn(-c3cccc(Cl)c3)c2C)cnc1N1CCC(O)CC1. The van der Waals surface area contributed by atoms with Crippen LogP contribution < -0.4 is 10.2 Å². The molecule has 1 aliphatic rings. The Bertz CT molecular complexity index is 1070. The van der Waals surface area contributed by atoms with Gasteiger partial charge in [-0.1, -0.05) is 17.7 Å². The molecule has 30 heavy (non-hydrogen) atoms. The van der Waals surface area contributed by atoms with E-state index < -0.39 is 0 Å². The smallest absolute Gasteiger partial charge is 0.259 e. The monoisotopic (exact) mass is 425 g/mol. The van der Waals surface area contributed by atoms with Crippen molar-refractivity contribution in [2.45, 2.75) is 32.8 Å². The second-order valence-corrected chi connectivity index (χ2v) is 8.01. The van der Waals surface area contributed by atoms with Gasteiger partial charge in [0.2, 0.25) is 0 Å². The Balaban J connectivity index is 1.50. The van der Waals surface area contributed by atoms with E-state index in [1.165, 1.54) is 0 Å². The van der Waals surface area contributed by atoms with Crippen LogP contribution in [0.2, 0.25) is 5.02 Å². The lowest BCUT2D eigenvalue weighted by atomic mass is 10.1. The maximum atomic E-state index is 12.8. The van der Waals surface area contributed by atoms with Gasteiger partial charge in [0.15, 0.2) is 0 Å². The van der Waals surface area contributed by atoms with Crippen LogP contribution >= 0.6 is 11.6 Å². The number of piperidine rings is 1. The quantitative estimate of drug-likeness (QED) is 0.665. The Morgan fingerprint density at radius 2 is 1.97 bits per heavy atom. The van der Waals surface area contributed by atoms with Crippen LogP contribution in [0.15, 0.2) is 42.7 Å². The van der Waals surface area contributed by atoms with Gasteiger partial charge in [0.05, 0.1) is 41.1 Å². The highest BCUT2D eigenvalue weighted by Crippen LogP contribution is 2.24. The zero-order valence-electron chi connectivity index (χ0n) is 17.0. The summed E-state index contributed by atoms with van der Waals surface area (Å²) < 4.78 is 1.69. The first-order valence-electron chi connectivity index (χ1n) is 9.94. The summed E-state index contributed by atoms with van der Waals surface area (Å²) in [5, 5.41) is 17.6. The summed E-state index contributed by atoms with van der Waals surface area (Å²) in [4.78, 5) is 19.6. The van der Waals surface area contributed by atoms with Crippen molar-refractivity contribution in [3.63, 3.8) is 0 Å². The minimum Gasteiger partial charge on any atom is -0.393 e. The molecule has 0 bridgehead atoms. The maximum Gasteiger partial charge on any atom is 0.259 e. The van der Waals surface area contributed by atoms with E-state index >= 15 is 0 Å². The molecule has 4 rings (SSSR count). The fraction of sp³-hybridized carbons (Fsp3) is 0.318. The Labute approximate surface area is 180 Å². The van der Waals surface area contributed by atoms with Crippen LogP contribution in [0.25, 0.3) is 5.69 Å². The molecule has 0 unspecified atom stereocenters. The topological polar surface area (TPSA) is 83.3 Å². The molecule has 0 aliphatic carbocycles. The van der Waals surface area contributed by atoms with Gasteiger partial charge >= 0.3 is 0 Å². The van der Waals surface area contributed by atoms with Crippen LogP contribution in [0.1, 0.15) is 34.5 Å². The molecular weight excluding hydrogens is 402 g/mol. The van der Waals surface area contributed by atoms with Gasteiger partial charge in [-0.25, -0.2) is 9.67 Å². The van der Waals surface area contributed by atoms with Crippen LogP contribution in [0.5, 0.6) is 0 Å². The molecule has 7 nitrogen and oxygen atoms in total. The van der Waals surface area contributed by atoms with Crippen molar-refractivity contribution < 1.29 is 9.90 Å². The van der Waals surface area contributed by atoms with Crippen molar-refractivity contribution in [1.29, 1.82) is 0 Å². The van der Waals surface area contributed by atoms with Gasteiger partial charge in [0.1, 0.15) is 5.82 Å². The summed E-state index contributed by atoms with van der Waals surface area (Å²) in [5.74, 6) is 0.653. The van der Waals surface area contributed by atoms with Gasteiger partial charge in [-0.15, -0.1) is 0 Å². The van der Waals surface area contributed by atoms with Gasteiger partial charge in [-0.2, -0.15) is 5.10 Å². The zero-order valence-corrected chi connectivity index (χ0v) is 17.7. The van der Waals surface area contributed by atoms with Crippen molar-refractivity contribution in [2.24, 2.45) is 0 Å². The van der Waals surface area contributed by atoms with E-state index in [2.05, 4.69) is 20.3 Å². The fourth-order valence-corrected chi connectivity index (χ4v) is 3.93. The summed E-state index contributed by atoms with van der Waals surface area (Å²) in [7, 11) is 0. The molecule has 0 radical (unpaired) electrons. The Morgan fingerprint density at radius 3 is 2.67 bits per heavy atom. The molecule has 1 fully saturated rings. The summed E-state index contributed by atoms with van der Waals surface area (Å²) in [6.45, 7) is 5.39. The van der Waals surface area contributed by atoms with E-state index in [9.17, 15) is 9.90 Å². The van der Waals surface area contributed by atoms with E-state index in [-0.39, 0.29) is 12.0 Å². The molecule has 3 aromatic rings. The number of aryl methyl sites for hydroxylation is 1. The lowest BCUT2D eigenvalue weighted by Gasteiger charge is -2.31. The first-order valence-corrected chi connectivity index (χ1v) is 10.3. The highest BCUT2D eigenvalue weighted by atomic mass is 35.5. The number of aliphatic hydroxyl groups excluding tert-OH is 1. The number of nitrogens with zero attached hydrogens (tertiary/aromatic N) is 4. The van der Waals surface area contributed by atoms with Gasteiger partial charge in [0.25, 0.3) is 5.91 Å². The number of nitrogens with one attached hydrogen (secondary N) is 1. The maximum absolute atomic E-state index is 12.8. The van der Waals surface area contributed by atoms with Gasteiger partial charge in [0, 0.05) is 18.1 Å². The molecule has 2 N–H and O–H groups in total. The second-order valence-electron chi connectivity index (χ2n) is 7.57. The number of rotatable bonds is 4. The van der Waals surface area contributed by atoms with Crippen LogP contribution in [-0.4, -0.2) is 45.0 Å². The Morgan fingerprint density at radius 1 is 1.20 bits per heavy atom. The summed E-state index contributed by atoms with van der Waals surface area (Å²) in [6.07, 6.45) is 4.49. The van der Waals surface area contributed by atoms with E-state index in [4.69, 9.17) is 11.6 Å². The lowest BCUT2D eigenvalue weighted by molar-refractivity contribution is 0.102. The molecule has 0 atom stereocenters. The number of carbonyl (C=O) groups excluding carboxylic acids is 1. The van der Waals surface area contributed by atoms with Gasteiger partial charge < -0.3 is 15.3 Å². The standard InChI is InChI=1S/C22H24ClN5O2/c1-14-10-17(12-24-21(14)27-8-6-19(29)7-9-27)26-22(30)20-13-25-28(15(20)2)18-5-3-4-16(23)11-18/h3-5,10-13,19,29H,6-9H2,1-2H3,(H,26,30). The minimum absolute atomic E-state index is 0.226. The second kappa shape index (κ2) is 8.45. The molecule has 0 spiro atoms. The predicted octanol–water partition coefficient (Wildman–Crippen LogP) is 3.75. The van der Waals surface area contributed by atoms with Crippen molar-refractivity contribution in [1.82, 2.24) is 14.8 Å². The number of pyridine rings is 1. The first kappa shape index (κ1) is 20.4. The molecule has 2 aromatic heterocycles. The third-order valence-electron chi connectivity index (χ3n) is 5.38. The normalized spacial score (nSPS) is 14.7. The van der Waals surface area contributed by atoms with Crippen LogP contribution in [0.4, 0.5) is 11.5 Å². The van der Waals surface area contributed by atoms with Crippen molar-refractivity contribution >= 4 is 29.0 Å². The number of carbonyl (C=O) groups is 1. The third kappa shape index (κ3) is 4.17. The van der Waals surface area contributed by atoms with Crippen LogP contribution in [0.3, 0.4) is 0 Å². The van der Waals surface area contributed by atoms with Crippen molar-refractivity contribution in [3.8, 4) is 5.69 Å². The fourth-order valence-electron chi connectivity index (χ4n) is 3.74. The molecule has 8 heteroatoms. The number of aliphatic hydroxyl groups is 1. The predicted molar refractivity (Wildman–Crippen MR) is 118 cm³/mol. The van der Waals surface area contributed by atoms with Gasteiger partial charge in [-0.05, 0) is 56.5 Å². The van der Waals surface area contributed by atoms with Crippen LogP contribution in [-0.2, 0) is 0 Å². The summed E-state index contributed by atoms with van der Waals surface area (Å²) >= 11 is 6.07. The van der Waals surface area contributed by atoms with E-state index in [1.54, 1.807) is 29.2 Å². The molecule has 0 saturated carbocycles. The number of aromatic nitrogens is 3. The molecule has 3 heterocycles. The molecule has 156 valence electrons. The lowest BCUT2D eigenvalue weighted by Crippen LogP contribution is -2.36. The molecule has 1 aromatic carbocycles. The summed E-state index contributed by atoms with van der Waals surface area (Å²) in [5.41, 5.74) is 3.63. The molecular formula is C22H24ClN5O2. The number of amides is 1. The van der Waals surface area contributed by atoms with Gasteiger partial charge in [-0.3, -0.25) is 4.79 Å². The van der Waals surface area contributed by atoms with E-state index in [1.807, 2.05) is 32.0 Å². The molecule has 1 saturated heterocycles. The largest absolute Gasteiger partial charge is 0.393 e. The number of anilines is 2. The highest BCUT2D eigenvalue weighted by molar-refractivity contribution is 6.30. The third-order valence-corrected chi connectivity index (χ3v) is 5.61. The Kier molecular flexibility index (Phi) is 5.74. The molecule has 1 amide bonds. The van der Waals surface area contributed by atoms with E-state index in [0.717, 1.165) is 48.7 Å². The Hall–Kier alpha value is -2.90. The molecule has 1 aliphatic heterocycles. The number of hydrogen-bond acceptors (Lipinski definition) is 5. The van der Waals surface area contributed by atoms with Crippen molar-refractivity contribution in [3.05, 3.63) is 64.6 Å². The number of benzene rings is 1. The number of hydrogen-bond donors (Lipinski definition) is 2.